The summed E-state index contributed by atoms with van der Waals surface area (Å²) in [4.78, 5) is 15.0. The van der Waals surface area contributed by atoms with Crippen molar-refractivity contribution in [1.82, 2.24) is 4.98 Å². The van der Waals surface area contributed by atoms with Crippen molar-refractivity contribution in [2.45, 2.75) is 20.0 Å². The van der Waals surface area contributed by atoms with E-state index in [0.29, 0.717) is 5.69 Å². The quantitative estimate of drug-likeness (QED) is 0.614. The maximum absolute atomic E-state index is 11.2. The molecule has 1 heterocycles. The molecule has 0 saturated carbocycles. The van der Waals surface area contributed by atoms with E-state index >= 15 is 0 Å². The van der Waals surface area contributed by atoms with Crippen LogP contribution in [0.2, 0.25) is 0 Å². The van der Waals surface area contributed by atoms with E-state index in [9.17, 15) is 4.79 Å². The van der Waals surface area contributed by atoms with Crippen molar-refractivity contribution in [3.05, 3.63) is 18.5 Å². The fraction of sp³-hybridized carbons (Fsp3) is 0.333. The lowest BCUT2D eigenvalue weighted by Gasteiger charge is -2.09. The second-order valence-electron chi connectivity index (χ2n) is 3.46. The molecule has 0 atom stereocenters. The van der Waals surface area contributed by atoms with Crippen molar-refractivity contribution in [2.75, 3.05) is 5.32 Å². The molecule has 0 saturated heterocycles. The van der Waals surface area contributed by atoms with Gasteiger partial charge in [-0.3, -0.25) is 10.3 Å². The number of carbonyl (C=O) groups excluding carboxylic acids is 1. The highest BCUT2D eigenvalue weighted by Crippen LogP contribution is 2.03. The minimum absolute atomic E-state index is 0.197. The van der Waals surface area contributed by atoms with Crippen LogP contribution in [-0.4, -0.2) is 34.3 Å². The SMILES string of the molecule is CC(C)OC(=O)Nc1cncc(B(O)O)c1. The Morgan fingerprint density at radius 2 is 2.19 bits per heavy atom. The predicted molar refractivity (Wildman–Crippen MR) is 59.3 cm³/mol. The Hall–Kier alpha value is -1.60. The van der Waals surface area contributed by atoms with Crippen LogP contribution >= 0.6 is 0 Å². The van der Waals surface area contributed by atoms with Crippen molar-refractivity contribution >= 4 is 24.4 Å². The largest absolute Gasteiger partial charge is 0.490 e. The number of carbonyl (C=O) groups is 1. The lowest BCUT2D eigenvalue weighted by Crippen LogP contribution is -2.30. The molecule has 0 aliphatic carbocycles. The molecular formula is C9H13BN2O4. The Kier molecular flexibility index (Phi) is 4.27. The van der Waals surface area contributed by atoms with Gasteiger partial charge in [-0.1, -0.05) is 0 Å². The number of anilines is 1. The summed E-state index contributed by atoms with van der Waals surface area (Å²) in [6, 6.07) is 1.40. The van der Waals surface area contributed by atoms with E-state index in [1.54, 1.807) is 13.8 Å². The first-order valence-corrected chi connectivity index (χ1v) is 4.77. The molecule has 3 N–H and O–H groups in total. The predicted octanol–water partition coefficient (Wildman–Crippen LogP) is -0.282. The van der Waals surface area contributed by atoms with Gasteiger partial charge in [0.25, 0.3) is 0 Å². The van der Waals surface area contributed by atoms with Gasteiger partial charge >= 0.3 is 13.2 Å². The molecule has 6 nitrogen and oxygen atoms in total. The van der Waals surface area contributed by atoms with Gasteiger partial charge in [0, 0.05) is 11.7 Å². The molecule has 86 valence electrons. The summed E-state index contributed by atoms with van der Waals surface area (Å²) in [6.07, 6.45) is 1.85. The summed E-state index contributed by atoms with van der Waals surface area (Å²) in [6.45, 7) is 3.46. The number of nitrogens with one attached hydrogen (secondary N) is 1. The van der Waals surface area contributed by atoms with Gasteiger partial charge in [0.2, 0.25) is 0 Å². The van der Waals surface area contributed by atoms with E-state index in [1.165, 1.54) is 18.5 Å². The van der Waals surface area contributed by atoms with Crippen LogP contribution in [0.15, 0.2) is 18.5 Å². The molecule has 0 spiro atoms. The Balaban J connectivity index is 2.67. The van der Waals surface area contributed by atoms with Crippen LogP contribution in [0.1, 0.15) is 13.8 Å². The Morgan fingerprint density at radius 3 is 2.75 bits per heavy atom. The maximum Gasteiger partial charge on any atom is 0.490 e. The molecule has 0 aromatic carbocycles. The highest BCUT2D eigenvalue weighted by Gasteiger charge is 2.13. The molecule has 0 fully saturated rings. The zero-order valence-corrected chi connectivity index (χ0v) is 9.04. The molecule has 1 aromatic rings. The van der Waals surface area contributed by atoms with E-state index < -0.39 is 13.2 Å². The molecule has 0 aliphatic rings. The first kappa shape index (κ1) is 12.5. The maximum atomic E-state index is 11.2. The Labute approximate surface area is 93.4 Å². The van der Waals surface area contributed by atoms with E-state index in [0.717, 1.165) is 0 Å². The van der Waals surface area contributed by atoms with Gasteiger partial charge in [-0.15, -0.1) is 0 Å². The van der Waals surface area contributed by atoms with Gasteiger partial charge in [-0.25, -0.2) is 4.79 Å². The van der Waals surface area contributed by atoms with Gasteiger partial charge in [0.1, 0.15) is 0 Å². The number of hydrogen-bond donors (Lipinski definition) is 3. The molecule has 1 aromatic heterocycles. The van der Waals surface area contributed by atoms with Crippen molar-refractivity contribution in [1.29, 1.82) is 0 Å². The highest BCUT2D eigenvalue weighted by atomic mass is 16.6. The van der Waals surface area contributed by atoms with E-state index in [1.807, 2.05) is 0 Å². The van der Waals surface area contributed by atoms with Crippen molar-refractivity contribution in [3.63, 3.8) is 0 Å². The Morgan fingerprint density at radius 1 is 1.50 bits per heavy atom. The number of ether oxygens (including phenoxy) is 1. The van der Waals surface area contributed by atoms with Crippen molar-refractivity contribution in [2.24, 2.45) is 0 Å². The van der Waals surface area contributed by atoms with Crippen LogP contribution in [0.3, 0.4) is 0 Å². The minimum atomic E-state index is -1.62. The summed E-state index contributed by atoms with van der Waals surface area (Å²) >= 11 is 0. The first-order valence-electron chi connectivity index (χ1n) is 4.77. The molecule has 7 heteroatoms. The average Bonchev–Trinajstić information content (AvgIpc) is 2.16. The molecule has 1 amide bonds. The van der Waals surface area contributed by atoms with E-state index in [-0.39, 0.29) is 11.6 Å². The monoisotopic (exact) mass is 224 g/mol. The normalized spacial score (nSPS) is 10.1. The second kappa shape index (κ2) is 5.48. The van der Waals surface area contributed by atoms with Gasteiger partial charge in [-0.2, -0.15) is 0 Å². The molecule has 0 aliphatic heterocycles. The zero-order valence-electron chi connectivity index (χ0n) is 9.04. The number of hydrogen-bond acceptors (Lipinski definition) is 5. The lowest BCUT2D eigenvalue weighted by molar-refractivity contribution is 0.130. The van der Waals surface area contributed by atoms with Gasteiger partial charge in [-0.05, 0) is 19.9 Å². The van der Waals surface area contributed by atoms with Crippen LogP contribution < -0.4 is 10.8 Å². The average molecular weight is 224 g/mol. The van der Waals surface area contributed by atoms with Crippen LogP contribution in [-0.2, 0) is 4.74 Å². The molecular weight excluding hydrogens is 211 g/mol. The summed E-state index contributed by atoms with van der Waals surface area (Å²) in [5.74, 6) is 0. The number of aromatic nitrogens is 1. The number of rotatable bonds is 3. The number of nitrogens with zero attached hydrogens (tertiary/aromatic N) is 1. The smallest absolute Gasteiger partial charge is 0.447 e. The summed E-state index contributed by atoms with van der Waals surface area (Å²) in [5.41, 5.74) is 0.540. The summed E-state index contributed by atoms with van der Waals surface area (Å²) < 4.78 is 4.85. The van der Waals surface area contributed by atoms with Gasteiger partial charge in [0.15, 0.2) is 0 Å². The van der Waals surface area contributed by atoms with Crippen LogP contribution in [0.25, 0.3) is 0 Å². The Bertz CT molecular complexity index is 370. The molecule has 0 radical (unpaired) electrons. The summed E-state index contributed by atoms with van der Waals surface area (Å²) in [7, 11) is -1.62. The molecule has 0 bridgehead atoms. The van der Waals surface area contributed by atoms with Gasteiger partial charge < -0.3 is 14.8 Å². The van der Waals surface area contributed by atoms with Crippen LogP contribution in [0.4, 0.5) is 10.5 Å². The fourth-order valence-electron chi connectivity index (χ4n) is 1.03. The minimum Gasteiger partial charge on any atom is -0.447 e. The lowest BCUT2D eigenvalue weighted by atomic mass is 9.81. The van der Waals surface area contributed by atoms with E-state index in [2.05, 4.69) is 10.3 Å². The number of amides is 1. The first-order chi connectivity index (χ1) is 7.49. The third kappa shape index (κ3) is 3.88. The van der Waals surface area contributed by atoms with E-state index in [4.69, 9.17) is 14.8 Å². The topological polar surface area (TPSA) is 91.7 Å². The molecule has 1 rings (SSSR count). The highest BCUT2D eigenvalue weighted by molar-refractivity contribution is 6.58. The fourth-order valence-corrected chi connectivity index (χ4v) is 1.03. The summed E-state index contributed by atoms with van der Waals surface area (Å²) in [5, 5.41) is 20.2. The molecule has 16 heavy (non-hydrogen) atoms. The van der Waals surface area contributed by atoms with Gasteiger partial charge in [0.05, 0.1) is 18.0 Å². The van der Waals surface area contributed by atoms with Crippen molar-refractivity contribution in [3.8, 4) is 0 Å². The third-order valence-corrected chi connectivity index (χ3v) is 1.65. The standard InChI is InChI=1S/C9H13BN2O4/c1-6(2)16-9(13)12-8-3-7(10(14)15)4-11-5-8/h3-6,14-15H,1-2H3,(H,12,13). The van der Waals surface area contributed by atoms with Crippen molar-refractivity contribution < 1.29 is 19.6 Å². The number of pyridine rings is 1. The third-order valence-electron chi connectivity index (χ3n) is 1.65. The van der Waals surface area contributed by atoms with Crippen LogP contribution in [0.5, 0.6) is 0 Å². The zero-order chi connectivity index (χ0) is 12.1. The second-order valence-corrected chi connectivity index (χ2v) is 3.46. The van der Waals surface area contributed by atoms with Crippen LogP contribution in [0, 0.1) is 0 Å². The molecule has 0 unspecified atom stereocenters.